The van der Waals surface area contributed by atoms with Crippen LogP contribution in [0.2, 0.25) is 0 Å². The molecule has 1 aromatic heterocycles. The van der Waals surface area contributed by atoms with E-state index in [0.29, 0.717) is 4.57 Å². The summed E-state index contributed by atoms with van der Waals surface area (Å²) in [7, 11) is 0. The van der Waals surface area contributed by atoms with Crippen LogP contribution in [0.4, 0.5) is 0 Å². The summed E-state index contributed by atoms with van der Waals surface area (Å²) in [6.45, 7) is 1.79. The molecule has 3 N–H and O–H groups in total. The number of carboxylic acid groups (broad SMARTS) is 2. The molecule has 0 aliphatic heterocycles. The van der Waals surface area contributed by atoms with E-state index >= 15 is 0 Å². The van der Waals surface area contributed by atoms with Gasteiger partial charge in [0.1, 0.15) is 0 Å². The number of nitrogens with one attached hydrogen (secondary N) is 1. The zero-order valence-electron chi connectivity index (χ0n) is 12.8. The van der Waals surface area contributed by atoms with Crippen LogP contribution in [0, 0.1) is 6.92 Å². The largest absolute Gasteiger partial charge is 1.00 e. The molecule has 0 fully saturated rings. The summed E-state index contributed by atoms with van der Waals surface area (Å²) in [6, 6.07) is 6.15. The van der Waals surface area contributed by atoms with E-state index in [4.69, 9.17) is 5.11 Å². The molecule has 22 heavy (non-hydrogen) atoms. The number of hydrogen-bond acceptors (Lipinski definition) is 4. The molecule has 0 saturated carbocycles. The van der Waals surface area contributed by atoms with E-state index in [0.717, 1.165) is 5.56 Å². The van der Waals surface area contributed by atoms with E-state index in [2.05, 4.69) is 0 Å². The maximum Gasteiger partial charge on any atom is 1.00 e. The Bertz CT molecular complexity index is 856. The molecule has 0 amide bonds. The van der Waals surface area contributed by atoms with Gasteiger partial charge in [-0.25, -0.2) is 14.4 Å². The average Bonchev–Trinajstić information content (AvgIpc) is 2.38. The van der Waals surface area contributed by atoms with Crippen LogP contribution in [0.3, 0.4) is 0 Å². The van der Waals surface area contributed by atoms with Crippen LogP contribution in [0.25, 0.3) is 5.69 Å². The quantitative estimate of drug-likeness (QED) is 0.531. The normalized spacial score (nSPS) is 9.86. The first-order valence-electron chi connectivity index (χ1n) is 5.76. The first-order chi connectivity index (χ1) is 9.82. The van der Waals surface area contributed by atoms with Crippen molar-refractivity contribution in [2.45, 2.75) is 6.92 Å². The molecular weight excluding hydrogens is 287 g/mol. The molecule has 0 spiro atoms. The van der Waals surface area contributed by atoms with Gasteiger partial charge in [-0.1, -0.05) is 17.7 Å². The second-order valence-electron chi connectivity index (χ2n) is 4.26. The van der Waals surface area contributed by atoms with Crippen LogP contribution in [-0.4, -0.2) is 31.7 Å². The summed E-state index contributed by atoms with van der Waals surface area (Å²) in [6.07, 6.45) is 0. The Balaban J connectivity index is 0.00000242. The fraction of sp³-hybridized carbons (Fsp3) is 0.0769. The van der Waals surface area contributed by atoms with Crippen molar-refractivity contribution in [3.8, 4) is 5.69 Å². The Labute approximate surface area is 136 Å². The number of H-pyrrole nitrogens is 1. The van der Waals surface area contributed by atoms with Crippen molar-refractivity contribution in [2.75, 3.05) is 0 Å². The molecule has 0 radical (unpaired) electrons. The van der Waals surface area contributed by atoms with Crippen LogP contribution in [0.1, 0.15) is 27.8 Å². The van der Waals surface area contributed by atoms with E-state index in [9.17, 15) is 24.3 Å². The smallest absolute Gasteiger partial charge is 1.00 e. The molecule has 2 aromatic rings. The Hall–Kier alpha value is -2.56. The number of rotatable bonds is 3. The minimum atomic E-state index is -1.73. The molecular formula is C13H11LiN2O6. The minimum absolute atomic E-state index is 0. The fourth-order valence-corrected chi connectivity index (χ4v) is 1.88. The maximum absolute atomic E-state index is 11.9. The second-order valence-corrected chi connectivity index (χ2v) is 4.26. The monoisotopic (exact) mass is 298 g/mol. The van der Waals surface area contributed by atoms with Gasteiger partial charge in [0.25, 0.3) is 5.56 Å². The average molecular weight is 298 g/mol. The minimum Gasteiger partial charge on any atom is -1.00 e. The Morgan fingerprint density at radius 2 is 1.64 bits per heavy atom. The third-order valence-corrected chi connectivity index (χ3v) is 2.82. The predicted molar refractivity (Wildman–Crippen MR) is 72.4 cm³/mol. The van der Waals surface area contributed by atoms with E-state index in [1.807, 2.05) is 0 Å². The van der Waals surface area contributed by atoms with Crippen molar-refractivity contribution in [1.29, 1.82) is 0 Å². The zero-order valence-corrected chi connectivity index (χ0v) is 11.8. The molecule has 1 heterocycles. The third kappa shape index (κ3) is 3.03. The molecule has 0 atom stereocenters. The number of aromatic nitrogens is 2. The zero-order chi connectivity index (χ0) is 15.7. The summed E-state index contributed by atoms with van der Waals surface area (Å²) in [5.74, 6) is -3.41. The summed E-state index contributed by atoms with van der Waals surface area (Å²) in [5.41, 5.74) is -3.16. The molecule has 1 aromatic carbocycles. The van der Waals surface area contributed by atoms with Gasteiger partial charge in [-0.05, 0) is 19.1 Å². The maximum atomic E-state index is 11.9. The van der Waals surface area contributed by atoms with Crippen LogP contribution in [-0.2, 0) is 0 Å². The molecule has 8 nitrogen and oxygen atoms in total. The first-order valence-corrected chi connectivity index (χ1v) is 5.76. The molecule has 110 valence electrons. The fourth-order valence-electron chi connectivity index (χ4n) is 1.88. The topological polar surface area (TPSA) is 129 Å². The third-order valence-electron chi connectivity index (χ3n) is 2.82. The number of aromatic amines is 1. The van der Waals surface area contributed by atoms with Crippen molar-refractivity contribution in [2.24, 2.45) is 0 Å². The van der Waals surface area contributed by atoms with E-state index < -0.39 is 34.4 Å². The van der Waals surface area contributed by atoms with Gasteiger partial charge < -0.3 is 11.6 Å². The van der Waals surface area contributed by atoms with Gasteiger partial charge in [0.2, 0.25) is 0 Å². The van der Waals surface area contributed by atoms with Crippen molar-refractivity contribution in [3.63, 3.8) is 0 Å². The second kappa shape index (κ2) is 6.47. The number of carbonyl (C=O) groups is 2. The van der Waals surface area contributed by atoms with Crippen molar-refractivity contribution >= 4 is 11.9 Å². The summed E-state index contributed by atoms with van der Waals surface area (Å²) in [5, 5.41) is 18.2. The molecule has 0 saturated heterocycles. The number of hydrogen-bond donors (Lipinski definition) is 3. The Morgan fingerprint density at radius 3 is 2.09 bits per heavy atom. The summed E-state index contributed by atoms with van der Waals surface area (Å²) in [4.78, 5) is 47.6. The SMILES string of the molecule is Cc1ccc(-n2c(C(=O)O)c(C(=O)O)c(=O)[nH]c2=O)cc1.[H-].[Li+]. The van der Waals surface area contributed by atoms with Gasteiger partial charge in [0.05, 0.1) is 5.69 Å². The Kier molecular flexibility index (Phi) is 5.14. The predicted octanol–water partition coefficient (Wildman–Crippen LogP) is -2.65. The van der Waals surface area contributed by atoms with Crippen LogP contribution < -0.4 is 30.1 Å². The van der Waals surface area contributed by atoms with Gasteiger partial charge >= 0.3 is 36.5 Å². The van der Waals surface area contributed by atoms with Crippen molar-refractivity contribution in [3.05, 3.63) is 61.9 Å². The molecule has 9 heteroatoms. The summed E-state index contributed by atoms with van der Waals surface area (Å²) < 4.78 is 0.645. The first kappa shape index (κ1) is 17.5. The van der Waals surface area contributed by atoms with Gasteiger partial charge in [0, 0.05) is 0 Å². The van der Waals surface area contributed by atoms with E-state index in [-0.39, 0.29) is 26.0 Å². The van der Waals surface area contributed by atoms with E-state index in [1.165, 1.54) is 12.1 Å². The summed E-state index contributed by atoms with van der Waals surface area (Å²) >= 11 is 0. The number of aromatic carboxylic acids is 2. The van der Waals surface area contributed by atoms with Crippen molar-refractivity contribution < 1.29 is 40.1 Å². The number of aryl methyl sites for hydroxylation is 1. The van der Waals surface area contributed by atoms with Crippen LogP contribution >= 0.6 is 0 Å². The van der Waals surface area contributed by atoms with Crippen LogP contribution in [0.5, 0.6) is 0 Å². The number of nitrogens with zero attached hydrogens (tertiary/aromatic N) is 1. The molecule has 0 aliphatic carbocycles. The molecule has 0 unspecified atom stereocenters. The number of carboxylic acids is 2. The molecule has 0 aliphatic rings. The Morgan fingerprint density at radius 1 is 1.09 bits per heavy atom. The van der Waals surface area contributed by atoms with Gasteiger partial charge in [-0.15, -0.1) is 0 Å². The van der Waals surface area contributed by atoms with Crippen molar-refractivity contribution in [1.82, 2.24) is 9.55 Å². The van der Waals surface area contributed by atoms with E-state index in [1.54, 1.807) is 24.0 Å². The number of benzene rings is 1. The van der Waals surface area contributed by atoms with Gasteiger partial charge in [0.15, 0.2) is 11.3 Å². The van der Waals surface area contributed by atoms with Gasteiger partial charge in [-0.2, -0.15) is 0 Å². The standard InChI is InChI=1S/C13H10N2O6.Li.H/c1-6-2-4-7(5-3-6)15-9(12(19)20)8(11(17)18)10(16)14-13(15)21;;/h2-5H,1H3,(H,17,18)(H,19,20)(H,14,16,21);;/q;+1;-1. The molecule has 2 rings (SSSR count). The van der Waals surface area contributed by atoms with Crippen LogP contribution in [0.15, 0.2) is 33.9 Å². The van der Waals surface area contributed by atoms with Gasteiger partial charge in [-0.3, -0.25) is 14.3 Å². The molecule has 0 bridgehead atoms.